The lowest BCUT2D eigenvalue weighted by atomic mass is 9.98. The van der Waals surface area contributed by atoms with Crippen molar-refractivity contribution in [2.45, 2.75) is 276 Å². The predicted molar refractivity (Wildman–Crippen MR) is 276 cm³/mol. The fraction of sp³-hybridized carbons (Fsp3) is 0.789. The standard InChI is InChI=1S/C57H98O12/c1-4-7-10-13-16-19-21-23-25-27-29-32-34-37-40-43-49(58)65-46-48(67-50(59)44-41-38-35-31-18-15-12-9-6-3)47-66-57-55(53(62)52(61)54(69-57)56(63)64)68-51(60)45-42-39-36-33-30-28-26-24-22-20-17-14-11-8-5-2/h7,10,16,19,23-26,48,52-55,57,61-62H,4-6,8-9,11-15,17-18,20-22,27-47H2,1-3H3,(H,63,64)/b10-7-,19-16-,25-23-,26-24-. The average molecular weight is 975 g/mol. The van der Waals surface area contributed by atoms with Crippen molar-refractivity contribution in [2.24, 2.45) is 0 Å². The summed E-state index contributed by atoms with van der Waals surface area (Å²) >= 11 is 0. The highest BCUT2D eigenvalue weighted by atomic mass is 16.7. The fourth-order valence-corrected chi connectivity index (χ4v) is 8.14. The number of rotatable bonds is 46. The molecule has 12 nitrogen and oxygen atoms in total. The Morgan fingerprint density at radius 1 is 0.493 bits per heavy atom. The van der Waals surface area contributed by atoms with Crippen LogP contribution in [0.4, 0.5) is 0 Å². The van der Waals surface area contributed by atoms with E-state index in [0.29, 0.717) is 19.3 Å². The smallest absolute Gasteiger partial charge is 0.335 e. The van der Waals surface area contributed by atoms with E-state index < -0.39 is 67.3 Å². The van der Waals surface area contributed by atoms with Crippen LogP contribution in [-0.4, -0.2) is 89.2 Å². The number of carbonyl (C=O) groups excluding carboxylic acids is 3. The molecule has 1 aliphatic heterocycles. The van der Waals surface area contributed by atoms with Crippen LogP contribution in [-0.2, 0) is 42.9 Å². The van der Waals surface area contributed by atoms with E-state index in [1.165, 1.54) is 70.6 Å². The van der Waals surface area contributed by atoms with E-state index in [4.69, 9.17) is 23.7 Å². The van der Waals surface area contributed by atoms with Crippen molar-refractivity contribution in [1.82, 2.24) is 0 Å². The van der Waals surface area contributed by atoms with Gasteiger partial charge in [-0.2, -0.15) is 0 Å². The molecule has 0 amide bonds. The summed E-state index contributed by atoms with van der Waals surface area (Å²) in [5.74, 6) is -3.14. The second kappa shape index (κ2) is 45.8. The SMILES string of the molecule is CC/C=C\C/C=C\C/C=C\CCCCCCCC(=O)OCC(COC1OC(C(=O)O)C(O)C(O)C1OC(=O)CCCCCCC/C=C\CCCCCCCC)OC(=O)CCCCCCCCCCC. The Morgan fingerprint density at radius 2 is 0.913 bits per heavy atom. The summed E-state index contributed by atoms with van der Waals surface area (Å²) < 4.78 is 28.3. The number of hydrogen-bond donors (Lipinski definition) is 3. The number of aliphatic hydroxyl groups excluding tert-OH is 2. The molecule has 1 fully saturated rings. The Kier molecular flexibility index (Phi) is 42.3. The second-order valence-corrected chi connectivity index (χ2v) is 18.8. The maximum Gasteiger partial charge on any atom is 0.335 e. The van der Waals surface area contributed by atoms with Gasteiger partial charge in [0.2, 0.25) is 0 Å². The molecule has 1 rings (SSSR count). The van der Waals surface area contributed by atoms with Gasteiger partial charge < -0.3 is 39.0 Å². The number of unbranched alkanes of at least 4 members (excludes halogenated alkanes) is 24. The van der Waals surface area contributed by atoms with Crippen molar-refractivity contribution in [1.29, 1.82) is 0 Å². The number of aliphatic hydroxyl groups is 2. The summed E-state index contributed by atoms with van der Waals surface area (Å²) in [6.45, 7) is 5.82. The monoisotopic (exact) mass is 975 g/mol. The minimum absolute atomic E-state index is 0.0504. The lowest BCUT2D eigenvalue weighted by Gasteiger charge is -2.40. The molecule has 0 aromatic heterocycles. The molecule has 0 bridgehead atoms. The second-order valence-electron chi connectivity index (χ2n) is 18.8. The Balaban J connectivity index is 2.69. The highest BCUT2D eigenvalue weighted by Crippen LogP contribution is 2.26. The number of hydrogen-bond acceptors (Lipinski definition) is 11. The lowest BCUT2D eigenvalue weighted by Crippen LogP contribution is -2.61. The first-order valence-electron chi connectivity index (χ1n) is 27.6. The molecular formula is C57H98O12. The van der Waals surface area contributed by atoms with Gasteiger partial charge >= 0.3 is 23.9 Å². The molecule has 0 aromatic rings. The van der Waals surface area contributed by atoms with E-state index >= 15 is 0 Å². The molecule has 12 heteroatoms. The van der Waals surface area contributed by atoms with E-state index in [9.17, 15) is 34.5 Å². The summed E-state index contributed by atoms with van der Waals surface area (Å²) in [5, 5.41) is 31.4. The van der Waals surface area contributed by atoms with Crippen molar-refractivity contribution in [2.75, 3.05) is 13.2 Å². The molecule has 6 atom stereocenters. The molecule has 3 N–H and O–H groups in total. The quantitative estimate of drug-likeness (QED) is 0.0228. The summed E-state index contributed by atoms with van der Waals surface area (Å²) in [6, 6.07) is 0. The fourth-order valence-electron chi connectivity index (χ4n) is 8.14. The van der Waals surface area contributed by atoms with E-state index in [0.717, 1.165) is 109 Å². The maximum atomic E-state index is 13.0. The normalized spacial score (nSPS) is 19.0. The maximum absolute atomic E-state index is 13.0. The van der Waals surface area contributed by atoms with E-state index in [-0.39, 0.29) is 25.9 Å². The van der Waals surface area contributed by atoms with Crippen LogP contribution in [0.1, 0.15) is 239 Å². The average Bonchev–Trinajstić information content (AvgIpc) is 3.33. The van der Waals surface area contributed by atoms with Gasteiger partial charge in [0.15, 0.2) is 24.6 Å². The van der Waals surface area contributed by atoms with Crippen LogP contribution in [0.5, 0.6) is 0 Å². The van der Waals surface area contributed by atoms with Gasteiger partial charge in [-0.3, -0.25) is 14.4 Å². The Bertz CT molecular complexity index is 1390. The van der Waals surface area contributed by atoms with Gasteiger partial charge in [-0.1, -0.05) is 191 Å². The molecule has 6 unspecified atom stereocenters. The van der Waals surface area contributed by atoms with Crippen molar-refractivity contribution in [3.8, 4) is 0 Å². The molecule has 0 aromatic carbocycles. The highest BCUT2D eigenvalue weighted by Gasteiger charge is 2.50. The van der Waals surface area contributed by atoms with Crippen LogP contribution in [0, 0.1) is 0 Å². The van der Waals surface area contributed by atoms with Crippen LogP contribution in [0.2, 0.25) is 0 Å². The van der Waals surface area contributed by atoms with Crippen molar-refractivity contribution in [3.63, 3.8) is 0 Å². The number of carbonyl (C=O) groups is 4. The summed E-state index contributed by atoms with van der Waals surface area (Å²) in [5.41, 5.74) is 0. The number of carboxylic acid groups (broad SMARTS) is 1. The van der Waals surface area contributed by atoms with Crippen LogP contribution in [0.15, 0.2) is 48.6 Å². The van der Waals surface area contributed by atoms with E-state index in [2.05, 4.69) is 69.4 Å². The third kappa shape index (κ3) is 36.3. The lowest BCUT2D eigenvalue weighted by molar-refractivity contribution is -0.301. The van der Waals surface area contributed by atoms with Crippen molar-refractivity contribution >= 4 is 23.9 Å². The third-order valence-corrected chi connectivity index (χ3v) is 12.4. The zero-order chi connectivity index (χ0) is 50.4. The van der Waals surface area contributed by atoms with Gasteiger partial charge in [-0.05, 0) is 77.0 Å². The molecule has 1 heterocycles. The first-order valence-corrected chi connectivity index (χ1v) is 27.6. The van der Waals surface area contributed by atoms with Crippen molar-refractivity contribution in [3.05, 3.63) is 48.6 Å². The van der Waals surface area contributed by atoms with Gasteiger partial charge in [0.05, 0.1) is 6.61 Å². The molecular weight excluding hydrogens is 877 g/mol. The zero-order valence-electron chi connectivity index (χ0n) is 43.6. The Morgan fingerprint density at radius 3 is 1.41 bits per heavy atom. The van der Waals surface area contributed by atoms with Crippen molar-refractivity contribution < 1.29 is 58.2 Å². The molecule has 0 spiro atoms. The zero-order valence-corrected chi connectivity index (χ0v) is 43.6. The number of esters is 3. The van der Waals surface area contributed by atoms with E-state index in [1.807, 2.05) is 0 Å². The van der Waals surface area contributed by atoms with Gasteiger partial charge in [0.1, 0.15) is 18.8 Å². The molecule has 398 valence electrons. The van der Waals surface area contributed by atoms with Gasteiger partial charge in [-0.25, -0.2) is 4.79 Å². The Labute approximate surface area is 418 Å². The predicted octanol–water partition coefficient (Wildman–Crippen LogP) is 13.4. The molecule has 0 aliphatic carbocycles. The van der Waals surface area contributed by atoms with Crippen LogP contribution < -0.4 is 0 Å². The number of ether oxygens (including phenoxy) is 5. The highest BCUT2D eigenvalue weighted by molar-refractivity contribution is 5.74. The molecule has 1 aliphatic rings. The largest absolute Gasteiger partial charge is 0.479 e. The van der Waals surface area contributed by atoms with Gasteiger partial charge in [0.25, 0.3) is 0 Å². The molecule has 69 heavy (non-hydrogen) atoms. The Hall–Kier alpha value is -3.32. The van der Waals surface area contributed by atoms with Crippen LogP contribution >= 0.6 is 0 Å². The minimum Gasteiger partial charge on any atom is -0.479 e. The first-order chi connectivity index (χ1) is 33.6. The van der Waals surface area contributed by atoms with Crippen LogP contribution in [0.25, 0.3) is 0 Å². The third-order valence-electron chi connectivity index (χ3n) is 12.4. The molecule has 1 saturated heterocycles. The molecule has 0 saturated carbocycles. The first kappa shape index (κ1) is 63.7. The number of carboxylic acids is 1. The van der Waals surface area contributed by atoms with Gasteiger partial charge in [0, 0.05) is 19.3 Å². The summed E-state index contributed by atoms with van der Waals surface area (Å²) in [7, 11) is 0. The number of aliphatic carboxylic acids is 1. The summed E-state index contributed by atoms with van der Waals surface area (Å²) in [4.78, 5) is 50.8. The number of allylic oxidation sites excluding steroid dienone is 8. The minimum atomic E-state index is -1.90. The molecule has 0 radical (unpaired) electrons. The summed E-state index contributed by atoms with van der Waals surface area (Å²) in [6.07, 6.45) is 41.0. The van der Waals surface area contributed by atoms with E-state index in [1.54, 1.807) is 0 Å². The topological polar surface area (TPSA) is 175 Å². The van der Waals surface area contributed by atoms with Gasteiger partial charge in [-0.15, -0.1) is 0 Å². The van der Waals surface area contributed by atoms with Crippen LogP contribution in [0.3, 0.4) is 0 Å².